The Balaban J connectivity index is 2.31. The van der Waals surface area contributed by atoms with Crippen LogP contribution in [0.3, 0.4) is 0 Å². The van der Waals surface area contributed by atoms with E-state index in [1.54, 1.807) is 7.11 Å². The maximum Gasteiger partial charge on any atom is 0.306 e. The first kappa shape index (κ1) is 13.9. The summed E-state index contributed by atoms with van der Waals surface area (Å²) in [6.07, 6.45) is 2.91. The van der Waals surface area contributed by atoms with Gasteiger partial charge in [-0.2, -0.15) is 0 Å². The molecule has 0 spiro atoms. The predicted molar refractivity (Wildman–Crippen MR) is 74.6 cm³/mol. The number of hydrogen-bond donors (Lipinski definition) is 0. The summed E-state index contributed by atoms with van der Waals surface area (Å²) in [6.45, 7) is 4.13. The summed E-state index contributed by atoms with van der Waals surface area (Å²) < 4.78 is 10.2. The molecule has 0 bridgehead atoms. The van der Waals surface area contributed by atoms with Crippen LogP contribution in [0.15, 0.2) is 12.1 Å². The zero-order valence-electron chi connectivity index (χ0n) is 12.2. The summed E-state index contributed by atoms with van der Waals surface area (Å²) in [6, 6.07) is 4.23. The average molecular weight is 262 g/mol. The zero-order valence-corrected chi connectivity index (χ0v) is 12.2. The van der Waals surface area contributed by atoms with E-state index in [1.807, 2.05) is 6.92 Å². The van der Waals surface area contributed by atoms with Gasteiger partial charge in [-0.3, -0.25) is 4.79 Å². The minimum Gasteiger partial charge on any atom is -0.496 e. The molecule has 0 aromatic heterocycles. The lowest BCUT2D eigenvalue weighted by Gasteiger charge is -2.20. The molecule has 1 aliphatic rings. The Labute approximate surface area is 114 Å². The fraction of sp³-hybridized carbons (Fsp3) is 0.562. The van der Waals surface area contributed by atoms with E-state index in [0.717, 1.165) is 11.3 Å². The van der Waals surface area contributed by atoms with Gasteiger partial charge in [0.25, 0.3) is 0 Å². The minimum atomic E-state index is -0.121. The number of methoxy groups -OCH3 is 2. The molecule has 0 aliphatic heterocycles. The van der Waals surface area contributed by atoms with Crippen LogP contribution in [0, 0.1) is 19.8 Å². The lowest BCUT2D eigenvalue weighted by atomic mass is 9.87. The Bertz CT molecular complexity index is 475. The van der Waals surface area contributed by atoms with Crippen molar-refractivity contribution >= 4 is 5.97 Å². The molecule has 0 radical (unpaired) electrons. The van der Waals surface area contributed by atoms with Crippen molar-refractivity contribution in [3.63, 3.8) is 0 Å². The van der Waals surface area contributed by atoms with Gasteiger partial charge in [0.2, 0.25) is 0 Å². The lowest BCUT2D eigenvalue weighted by Crippen LogP contribution is -2.12. The fourth-order valence-electron chi connectivity index (χ4n) is 2.72. The molecular weight excluding hydrogens is 240 g/mol. The number of rotatable bonds is 5. The van der Waals surface area contributed by atoms with Crippen molar-refractivity contribution in [3.8, 4) is 5.75 Å². The third-order valence-electron chi connectivity index (χ3n) is 3.99. The van der Waals surface area contributed by atoms with Crippen LogP contribution >= 0.6 is 0 Å². The van der Waals surface area contributed by atoms with Crippen molar-refractivity contribution < 1.29 is 14.3 Å². The van der Waals surface area contributed by atoms with Crippen molar-refractivity contribution in [2.24, 2.45) is 5.92 Å². The summed E-state index contributed by atoms with van der Waals surface area (Å²) in [5.41, 5.74) is 3.59. The van der Waals surface area contributed by atoms with Gasteiger partial charge in [-0.25, -0.2) is 0 Å². The van der Waals surface area contributed by atoms with Gasteiger partial charge in [-0.05, 0) is 61.3 Å². The highest BCUT2D eigenvalue weighted by molar-refractivity contribution is 5.70. The first-order chi connectivity index (χ1) is 9.06. The summed E-state index contributed by atoms with van der Waals surface area (Å²) in [4.78, 5) is 11.6. The normalized spacial score (nSPS) is 16.0. The van der Waals surface area contributed by atoms with E-state index in [0.29, 0.717) is 12.3 Å². The number of esters is 1. The van der Waals surface area contributed by atoms with Gasteiger partial charge in [0.1, 0.15) is 5.75 Å². The molecule has 1 aromatic rings. The molecule has 104 valence electrons. The fourth-order valence-corrected chi connectivity index (χ4v) is 2.72. The van der Waals surface area contributed by atoms with Crippen molar-refractivity contribution in [2.45, 2.75) is 39.0 Å². The summed E-state index contributed by atoms with van der Waals surface area (Å²) in [7, 11) is 3.15. The van der Waals surface area contributed by atoms with Crippen LogP contribution in [0.4, 0.5) is 0 Å². The van der Waals surface area contributed by atoms with Crippen LogP contribution in [-0.2, 0) is 9.53 Å². The molecule has 0 N–H and O–H groups in total. The van der Waals surface area contributed by atoms with Crippen LogP contribution in [0.25, 0.3) is 0 Å². The van der Waals surface area contributed by atoms with Gasteiger partial charge in [0.05, 0.1) is 20.6 Å². The second kappa shape index (κ2) is 5.64. The minimum absolute atomic E-state index is 0.121. The Kier molecular flexibility index (Phi) is 4.13. The van der Waals surface area contributed by atoms with E-state index >= 15 is 0 Å². The van der Waals surface area contributed by atoms with E-state index in [9.17, 15) is 4.79 Å². The zero-order chi connectivity index (χ0) is 14.0. The van der Waals surface area contributed by atoms with E-state index in [-0.39, 0.29) is 11.9 Å². The van der Waals surface area contributed by atoms with E-state index in [4.69, 9.17) is 9.47 Å². The highest BCUT2D eigenvalue weighted by atomic mass is 16.5. The molecular formula is C16H22O3. The summed E-state index contributed by atoms with van der Waals surface area (Å²) in [5, 5.41) is 0. The number of carbonyl (C=O) groups excluding carboxylic acids is 1. The number of hydrogen-bond acceptors (Lipinski definition) is 3. The molecule has 1 fully saturated rings. The van der Waals surface area contributed by atoms with Crippen molar-refractivity contribution in [1.29, 1.82) is 0 Å². The number of aryl methyl sites for hydroxylation is 2. The predicted octanol–water partition coefficient (Wildman–Crippen LogP) is 3.37. The molecule has 1 aliphatic carbocycles. The molecule has 1 unspecified atom stereocenters. The van der Waals surface area contributed by atoms with Gasteiger partial charge >= 0.3 is 5.97 Å². The average Bonchev–Trinajstić information content (AvgIpc) is 3.22. The molecule has 19 heavy (non-hydrogen) atoms. The maximum atomic E-state index is 11.6. The van der Waals surface area contributed by atoms with Crippen molar-refractivity contribution in [3.05, 3.63) is 28.8 Å². The van der Waals surface area contributed by atoms with Gasteiger partial charge in [0.15, 0.2) is 0 Å². The summed E-state index contributed by atoms with van der Waals surface area (Å²) in [5.74, 6) is 1.71. The molecule has 3 nitrogen and oxygen atoms in total. The van der Waals surface area contributed by atoms with E-state index in [2.05, 4.69) is 19.1 Å². The van der Waals surface area contributed by atoms with Crippen molar-refractivity contribution in [1.82, 2.24) is 0 Å². The molecule has 1 saturated carbocycles. The third kappa shape index (κ3) is 3.09. The standard InChI is InChI=1S/C16H22O3/c1-10-8-15(18-3)11(2)7-13(10)14(12-5-6-12)9-16(17)19-4/h7-8,12,14H,5-6,9H2,1-4H3. The first-order valence-electron chi connectivity index (χ1n) is 6.78. The molecule has 1 aromatic carbocycles. The molecule has 1 atom stereocenters. The Hall–Kier alpha value is -1.51. The second-order valence-electron chi connectivity index (χ2n) is 5.40. The van der Waals surface area contributed by atoms with E-state index < -0.39 is 0 Å². The smallest absolute Gasteiger partial charge is 0.306 e. The van der Waals surface area contributed by atoms with Gasteiger partial charge in [-0.15, -0.1) is 0 Å². The largest absolute Gasteiger partial charge is 0.496 e. The first-order valence-corrected chi connectivity index (χ1v) is 6.78. The van der Waals surface area contributed by atoms with Gasteiger partial charge in [0, 0.05) is 0 Å². The maximum absolute atomic E-state index is 11.6. The van der Waals surface area contributed by atoms with Crippen molar-refractivity contribution in [2.75, 3.05) is 14.2 Å². The van der Waals surface area contributed by atoms with Crippen LogP contribution in [0.1, 0.15) is 41.9 Å². The SMILES string of the molecule is COC(=O)CC(c1cc(C)c(OC)cc1C)C1CC1. The Morgan fingerprint density at radius 3 is 2.47 bits per heavy atom. The van der Waals surface area contributed by atoms with Crippen LogP contribution in [0.2, 0.25) is 0 Å². The lowest BCUT2D eigenvalue weighted by molar-refractivity contribution is -0.141. The van der Waals surface area contributed by atoms with Gasteiger partial charge < -0.3 is 9.47 Å². The number of benzene rings is 1. The number of carbonyl (C=O) groups is 1. The molecule has 2 rings (SSSR count). The van der Waals surface area contributed by atoms with Crippen LogP contribution in [0.5, 0.6) is 5.75 Å². The van der Waals surface area contributed by atoms with Gasteiger partial charge in [-0.1, -0.05) is 6.07 Å². The quantitative estimate of drug-likeness (QED) is 0.763. The highest BCUT2D eigenvalue weighted by Gasteiger charge is 2.35. The van der Waals surface area contributed by atoms with Crippen LogP contribution < -0.4 is 4.74 Å². The van der Waals surface area contributed by atoms with E-state index in [1.165, 1.54) is 31.1 Å². The monoisotopic (exact) mass is 262 g/mol. The number of ether oxygens (including phenoxy) is 2. The Morgan fingerprint density at radius 1 is 1.26 bits per heavy atom. The highest BCUT2D eigenvalue weighted by Crippen LogP contribution is 2.46. The molecule has 0 amide bonds. The molecule has 0 saturated heterocycles. The third-order valence-corrected chi connectivity index (χ3v) is 3.99. The molecule has 0 heterocycles. The summed E-state index contributed by atoms with van der Waals surface area (Å²) >= 11 is 0. The Morgan fingerprint density at radius 2 is 1.95 bits per heavy atom. The second-order valence-corrected chi connectivity index (χ2v) is 5.40. The van der Waals surface area contributed by atoms with Crippen LogP contribution in [-0.4, -0.2) is 20.2 Å². The molecule has 3 heteroatoms. The topological polar surface area (TPSA) is 35.5 Å².